The molecule has 0 bridgehead atoms. The number of aromatic nitrogens is 2. The van der Waals surface area contributed by atoms with Crippen molar-refractivity contribution in [3.05, 3.63) is 89.6 Å². The van der Waals surface area contributed by atoms with Crippen molar-refractivity contribution in [3.63, 3.8) is 0 Å². The molecule has 1 aromatic heterocycles. The van der Waals surface area contributed by atoms with Gasteiger partial charge < -0.3 is 15.4 Å². The number of rotatable bonds is 6. The van der Waals surface area contributed by atoms with Gasteiger partial charge in [0, 0.05) is 42.3 Å². The van der Waals surface area contributed by atoms with Crippen molar-refractivity contribution in [3.8, 4) is 11.5 Å². The fraction of sp³-hybridized carbons (Fsp3) is 0.250. The van der Waals surface area contributed by atoms with E-state index in [1.54, 1.807) is 47.4 Å². The van der Waals surface area contributed by atoms with E-state index in [1.165, 1.54) is 12.1 Å². The summed E-state index contributed by atoms with van der Waals surface area (Å²) >= 11 is 0. The summed E-state index contributed by atoms with van der Waals surface area (Å²) in [5.74, 6) is 0.188. The van der Waals surface area contributed by atoms with Gasteiger partial charge in [-0.2, -0.15) is 18.3 Å². The Morgan fingerprint density at radius 2 is 1.66 bits per heavy atom. The van der Waals surface area contributed by atoms with Crippen molar-refractivity contribution in [2.24, 2.45) is 11.7 Å². The summed E-state index contributed by atoms with van der Waals surface area (Å²) in [4.78, 5) is 26.2. The number of fused-ring (bicyclic) bond motifs is 1. The van der Waals surface area contributed by atoms with Gasteiger partial charge in [0.2, 0.25) is 5.91 Å². The van der Waals surface area contributed by atoms with E-state index >= 15 is 0 Å². The number of primary amides is 1. The molecule has 196 valence electrons. The lowest BCUT2D eigenvalue weighted by atomic mass is 9.96. The number of nitrogens with zero attached hydrogens (tertiary/aromatic N) is 3. The molecule has 0 spiro atoms. The van der Waals surface area contributed by atoms with Gasteiger partial charge in [0.05, 0.1) is 11.1 Å². The molecule has 2 heterocycles. The first-order chi connectivity index (χ1) is 18.2. The fourth-order valence-corrected chi connectivity index (χ4v) is 4.63. The lowest BCUT2D eigenvalue weighted by molar-refractivity contribution is -0.137. The number of hydrogen-bond acceptors (Lipinski definition) is 4. The van der Waals surface area contributed by atoms with Crippen LogP contribution in [-0.4, -0.2) is 39.6 Å². The van der Waals surface area contributed by atoms with Crippen molar-refractivity contribution in [1.82, 2.24) is 14.7 Å². The molecule has 1 aliphatic rings. The smallest absolute Gasteiger partial charge is 0.416 e. The first-order valence-electron chi connectivity index (χ1n) is 12.2. The predicted octanol–water partition coefficient (Wildman–Crippen LogP) is 5.50. The minimum atomic E-state index is -4.45. The highest BCUT2D eigenvalue weighted by Crippen LogP contribution is 2.33. The van der Waals surface area contributed by atoms with E-state index in [4.69, 9.17) is 10.5 Å². The van der Waals surface area contributed by atoms with E-state index in [2.05, 4.69) is 5.10 Å². The van der Waals surface area contributed by atoms with Crippen LogP contribution in [0.25, 0.3) is 10.9 Å². The molecule has 2 N–H and O–H groups in total. The number of halogens is 3. The lowest BCUT2D eigenvalue weighted by Gasteiger charge is -2.32. The largest absolute Gasteiger partial charge is 0.457 e. The summed E-state index contributed by atoms with van der Waals surface area (Å²) < 4.78 is 46.2. The molecule has 1 saturated heterocycles. The number of carbonyl (C=O) groups excluding carboxylic acids is 2. The minimum absolute atomic E-state index is 0.0689. The third-order valence-corrected chi connectivity index (χ3v) is 6.68. The molecule has 38 heavy (non-hydrogen) atoms. The maximum Gasteiger partial charge on any atom is 0.416 e. The predicted molar refractivity (Wildman–Crippen MR) is 135 cm³/mol. The summed E-state index contributed by atoms with van der Waals surface area (Å²) in [5.41, 5.74) is 6.30. The number of piperidine rings is 1. The fourth-order valence-electron chi connectivity index (χ4n) is 4.63. The summed E-state index contributed by atoms with van der Waals surface area (Å²) in [5, 5.41) is 5.44. The Morgan fingerprint density at radius 1 is 0.947 bits per heavy atom. The first-order valence-corrected chi connectivity index (χ1v) is 12.2. The third-order valence-electron chi connectivity index (χ3n) is 6.68. The van der Waals surface area contributed by atoms with Gasteiger partial charge in [0.15, 0.2) is 0 Å². The third kappa shape index (κ3) is 5.64. The summed E-state index contributed by atoms with van der Waals surface area (Å²) in [7, 11) is 0. The minimum Gasteiger partial charge on any atom is -0.457 e. The van der Waals surface area contributed by atoms with Gasteiger partial charge in [0.1, 0.15) is 11.5 Å². The molecule has 10 heteroatoms. The second kappa shape index (κ2) is 10.2. The van der Waals surface area contributed by atoms with E-state index in [1.807, 2.05) is 10.9 Å². The number of alkyl halides is 3. The van der Waals surface area contributed by atoms with Crippen LogP contribution in [0.15, 0.2) is 72.9 Å². The average Bonchev–Trinajstić information content (AvgIpc) is 3.30. The molecule has 0 atom stereocenters. The van der Waals surface area contributed by atoms with Crippen molar-refractivity contribution in [2.45, 2.75) is 25.6 Å². The van der Waals surface area contributed by atoms with Gasteiger partial charge in [-0.05, 0) is 79.4 Å². The molecule has 0 unspecified atom stereocenters. The Balaban J connectivity index is 1.16. The van der Waals surface area contributed by atoms with Crippen LogP contribution < -0.4 is 10.5 Å². The molecule has 3 aromatic carbocycles. The van der Waals surface area contributed by atoms with Crippen LogP contribution >= 0.6 is 0 Å². The normalized spacial score (nSPS) is 14.6. The zero-order valence-electron chi connectivity index (χ0n) is 20.3. The molecule has 4 aromatic rings. The standard InChI is InChI=1S/C28H25F3N4O3/c29-28(30,31)22-2-1-3-24(15-22)38-23-7-4-19(5-8-23)27(37)34-12-10-18(11-13-34)16-35-17-21-14-20(26(32)36)6-9-25(21)33-35/h1-9,14-15,17-18H,10-13,16H2,(H2,32,36). The van der Waals surface area contributed by atoms with Crippen LogP contribution in [0.5, 0.6) is 11.5 Å². The molecule has 7 nitrogen and oxygen atoms in total. The number of amides is 2. The van der Waals surface area contributed by atoms with Gasteiger partial charge in [-0.1, -0.05) is 6.07 Å². The molecule has 1 fully saturated rings. The molecular formula is C28H25F3N4O3. The highest BCUT2D eigenvalue weighted by atomic mass is 19.4. The number of ether oxygens (including phenoxy) is 1. The monoisotopic (exact) mass is 522 g/mol. The lowest BCUT2D eigenvalue weighted by Crippen LogP contribution is -2.39. The van der Waals surface area contributed by atoms with E-state index in [0.29, 0.717) is 42.4 Å². The van der Waals surface area contributed by atoms with Crippen LogP contribution in [0, 0.1) is 5.92 Å². The van der Waals surface area contributed by atoms with E-state index in [-0.39, 0.29) is 11.7 Å². The zero-order valence-corrected chi connectivity index (χ0v) is 20.3. The highest BCUT2D eigenvalue weighted by molar-refractivity contribution is 5.96. The Kier molecular flexibility index (Phi) is 6.79. The van der Waals surface area contributed by atoms with Crippen LogP contribution in [0.3, 0.4) is 0 Å². The second-order valence-corrected chi connectivity index (χ2v) is 9.38. The van der Waals surface area contributed by atoms with Crippen molar-refractivity contribution in [1.29, 1.82) is 0 Å². The quantitative estimate of drug-likeness (QED) is 0.362. The SMILES string of the molecule is NC(=O)c1ccc2nn(CC3CCN(C(=O)c4ccc(Oc5cccc(C(F)(F)F)c5)cc4)CC3)cc2c1. The average molecular weight is 523 g/mol. The Morgan fingerprint density at radius 3 is 2.34 bits per heavy atom. The van der Waals surface area contributed by atoms with Crippen molar-refractivity contribution in [2.75, 3.05) is 13.1 Å². The molecule has 1 aliphatic heterocycles. The van der Waals surface area contributed by atoms with E-state index in [9.17, 15) is 22.8 Å². The Hall–Kier alpha value is -4.34. The maximum atomic E-state index is 13.0. The molecule has 5 rings (SSSR count). The van der Waals surface area contributed by atoms with E-state index in [0.717, 1.165) is 35.9 Å². The Bertz CT molecular complexity index is 1470. The van der Waals surface area contributed by atoms with E-state index < -0.39 is 17.6 Å². The van der Waals surface area contributed by atoms with Crippen LogP contribution in [0.4, 0.5) is 13.2 Å². The number of likely N-dealkylation sites (tertiary alicyclic amines) is 1. The van der Waals surface area contributed by atoms with Crippen LogP contribution in [0.2, 0.25) is 0 Å². The topological polar surface area (TPSA) is 90.5 Å². The molecule has 0 radical (unpaired) electrons. The van der Waals surface area contributed by atoms with Crippen LogP contribution in [-0.2, 0) is 12.7 Å². The van der Waals surface area contributed by atoms with Gasteiger partial charge in [0.25, 0.3) is 5.91 Å². The summed E-state index contributed by atoms with van der Waals surface area (Å²) in [6.07, 6.45) is -0.898. The van der Waals surface area contributed by atoms with Crippen LogP contribution in [0.1, 0.15) is 39.1 Å². The first kappa shape index (κ1) is 25.3. The number of carbonyl (C=O) groups is 2. The number of benzene rings is 3. The second-order valence-electron chi connectivity index (χ2n) is 9.38. The maximum absolute atomic E-state index is 13.0. The number of hydrogen-bond donors (Lipinski definition) is 1. The Labute approximate surface area is 216 Å². The number of nitrogens with two attached hydrogens (primary N) is 1. The van der Waals surface area contributed by atoms with Gasteiger partial charge in [-0.15, -0.1) is 0 Å². The summed E-state index contributed by atoms with van der Waals surface area (Å²) in [6, 6.07) is 16.2. The van der Waals surface area contributed by atoms with Crippen molar-refractivity contribution < 1.29 is 27.5 Å². The van der Waals surface area contributed by atoms with Gasteiger partial charge in [-0.3, -0.25) is 14.3 Å². The van der Waals surface area contributed by atoms with Crippen molar-refractivity contribution >= 4 is 22.7 Å². The van der Waals surface area contributed by atoms with Gasteiger partial charge in [-0.25, -0.2) is 0 Å². The van der Waals surface area contributed by atoms with Gasteiger partial charge >= 0.3 is 6.18 Å². The molecule has 0 aliphatic carbocycles. The summed E-state index contributed by atoms with van der Waals surface area (Å²) in [6.45, 7) is 1.93. The molecule has 2 amide bonds. The molecular weight excluding hydrogens is 497 g/mol. The highest BCUT2D eigenvalue weighted by Gasteiger charge is 2.30. The zero-order chi connectivity index (χ0) is 26.9. The molecule has 0 saturated carbocycles.